The van der Waals surface area contributed by atoms with Gasteiger partial charge in [0.25, 0.3) is 5.91 Å². The molecule has 2 aromatic rings. The molecule has 112 valence electrons. The highest BCUT2D eigenvalue weighted by atomic mass is 16.1. The van der Waals surface area contributed by atoms with E-state index in [1.807, 2.05) is 18.2 Å². The van der Waals surface area contributed by atoms with Gasteiger partial charge < -0.3 is 10.2 Å². The van der Waals surface area contributed by atoms with E-state index >= 15 is 0 Å². The number of carbonyl (C=O) groups is 1. The van der Waals surface area contributed by atoms with Crippen LogP contribution in [0.4, 0.5) is 0 Å². The first-order valence-electron chi connectivity index (χ1n) is 7.72. The first kappa shape index (κ1) is 14.1. The van der Waals surface area contributed by atoms with Crippen molar-refractivity contribution in [3.05, 3.63) is 30.0 Å². The molecule has 0 bridgehead atoms. The molecule has 5 nitrogen and oxygen atoms in total. The second-order valence-electron chi connectivity index (χ2n) is 5.76. The molecule has 0 aliphatic carbocycles. The lowest BCUT2D eigenvalue weighted by molar-refractivity contribution is 0.0911. The van der Waals surface area contributed by atoms with E-state index in [2.05, 4.69) is 27.3 Å². The van der Waals surface area contributed by atoms with E-state index in [0.717, 1.165) is 43.4 Å². The molecule has 1 aromatic carbocycles. The molecule has 1 aliphatic heterocycles. The zero-order valence-electron chi connectivity index (χ0n) is 12.4. The number of H-pyrrole nitrogens is 1. The number of hydrogen-bond acceptors (Lipinski definition) is 3. The molecule has 1 amide bonds. The van der Waals surface area contributed by atoms with Gasteiger partial charge in [0, 0.05) is 30.1 Å². The molecule has 0 saturated carbocycles. The smallest absolute Gasteiger partial charge is 0.251 e. The van der Waals surface area contributed by atoms with E-state index in [0.29, 0.717) is 11.6 Å². The largest absolute Gasteiger partial charge is 0.349 e. The van der Waals surface area contributed by atoms with E-state index in [1.165, 1.54) is 6.42 Å². The summed E-state index contributed by atoms with van der Waals surface area (Å²) in [5.41, 5.74) is 1.60. The van der Waals surface area contributed by atoms with Crippen molar-refractivity contribution in [1.82, 2.24) is 20.4 Å². The molecule has 21 heavy (non-hydrogen) atoms. The zero-order chi connectivity index (χ0) is 14.7. The molecule has 0 radical (unpaired) electrons. The summed E-state index contributed by atoms with van der Waals surface area (Å²) in [7, 11) is 0. The van der Waals surface area contributed by atoms with Gasteiger partial charge in [-0.15, -0.1) is 0 Å². The molecule has 0 atom stereocenters. The number of rotatable bonds is 4. The molecule has 1 aromatic heterocycles. The van der Waals surface area contributed by atoms with Crippen LogP contribution in [0.5, 0.6) is 0 Å². The molecule has 0 spiro atoms. The second kappa shape index (κ2) is 6.26. The number of piperidine rings is 1. The molecule has 1 aliphatic rings. The van der Waals surface area contributed by atoms with Crippen molar-refractivity contribution in [1.29, 1.82) is 0 Å². The molecule has 2 N–H and O–H groups in total. The topological polar surface area (TPSA) is 61.0 Å². The SMILES string of the molecule is CCCN1CCC(NC(=O)c2ccc3cn[nH]c3c2)CC1. The minimum Gasteiger partial charge on any atom is -0.349 e. The summed E-state index contributed by atoms with van der Waals surface area (Å²) >= 11 is 0. The number of aromatic amines is 1. The first-order chi connectivity index (χ1) is 10.3. The van der Waals surface area contributed by atoms with Crippen LogP contribution in [0, 0.1) is 0 Å². The summed E-state index contributed by atoms with van der Waals surface area (Å²) < 4.78 is 0. The predicted octanol–water partition coefficient (Wildman–Crippen LogP) is 2.17. The van der Waals surface area contributed by atoms with E-state index in [1.54, 1.807) is 6.20 Å². The lowest BCUT2D eigenvalue weighted by Crippen LogP contribution is -2.44. The fraction of sp³-hybridized carbons (Fsp3) is 0.500. The third-order valence-corrected chi connectivity index (χ3v) is 4.17. The predicted molar refractivity (Wildman–Crippen MR) is 83.3 cm³/mol. The van der Waals surface area contributed by atoms with Gasteiger partial charge in [-0.2, -0.15) is 5.10 Å². The van der Waals surface area contributed by atoms with Gasteiger partial charge in [0.2, 0.25) is 0 Å². The minimum absolute atomic E-state index is 0.0143. The molecule has 0 unspecified atom stereocenters. The highest BCUT2D eigenvalue weighted by molar-refractivity contribution is 5.97. The van der Waals surface area contributed by atoms with Crippen molar-refractivity contribution in [2.45, 2.75) is 32.2 Å². The van der Waals surface area contributed by atoms with Crippen molar-refractivity contribution >= 4 is 16.8 Å². The van der Waals surface area contributed by atoms with Gasteiger partial charge in [0.05, 0.1) is 11.7 Å². The van der Waals surface area contributed by atoms with Gasteiger partial charge in [0.1, 0.15) is 0 Å². The number of benzene rings is 1. The van der Waals surface area contributed by atoms with Crippen molar-refractivity contribution in [3.8, 4) is 0 Å². The van der Waals surface area contributed by atoms with E-state index in [-0.39, 0.29) is 5.91 Å². The summed E-state index contributed by atoms with van der Waals surface area (Å²) in [5.74, 6) is 0.0143. The molecule has 2 heterocycles. The number of nitrogens with one attached hydrogen (secondary N) is 2. The number of amides is 1. The van der Waals surface area contributed by atoms with Crippen LogP contribution in [0.3, 0.4) is 0 Å². The van der Waals surface area contributed by atoms with Crippen molar-refractivity contribution < 1.29 is 4.79 Å². The number of hydrogen-bond donors (Lipinski definition) is 2. The average molecular weight is 286 g/mol. The highest BCUT2D eigenvalue weighted by Crippen LogP contribution is 2.15. The van der Waals surface area contributed by atoms with E-state index < -0.39 is 0 Å². The van der Waals surface area contributed by atoms with Gasteiger partial charge in [-0.1, -0.05) is 13.0 Å². The fourth-order valence-electron chi connectivity index (χ4n) is 2.96. The molecular weight excluding hydrogens is 264 g/mol. The number of likely N-dealkylation sites (tertiary alicyclic amines) is 1. The van der Waals surface area contributed by atoms with Crippen molar-refractivity contribution in [2.24, 2.45) is 0 Å². The van der Waals surface area contributed by atoms with Crippen LogP contribution in [-0.2, 0) is 0 Å². The normalized spacial score (nSPS) is 17.2. The lowest BCUT2D eigenvalue weighted by Gasteiger charge is -2.32. The second-order valence-corrected chi connectivity index (χ2v) is 5.76. The van der Waals surface area contributed by atoms with Crippen molar-refractivity contribution in [3.63, 3.8) is 0 Å². The van der Waals surface area contributed by atoms with Gasteiger partial charge in [-0.25, -0.2) is 0 Å². The number of carbonyl (C=O) groups excluding carboxylic acids is 1. The van der Waals surface area contributed by atoms with Gasteiger partial charge in [-0.3, -0.25) is 9.89 Å². The monoisotopic (exact) mass is 286 g/mol. The molecular formula is C16H22N4O. The summed E-state index contributed by atoms with van der Waals surface area (Å²) in [5, 5.41) is 11.1. The van der Waals surface area contributed by atoms with Crippen LogP contribution in [0.1, 0.15) is 36.5 Å². The number of nitrogens with zero attached hydrogens (tertiary/aromatic N) is 2. The Hall–Kier alpha value is -1.88. The van der Waals surface area contributed by atoms with Gasteiger partial charge in [-0.05, 0) is 37.9 Å². The number of aromatic nitrogens is 2. The maximum atomic E-state index is 12.3. The summed E-state index contributed by atoms with van der Waals surface area (Å²) in [6.45, 7) is 5.54. The summed E-state index contributed by atoms with van der Waals surface area (Å²) in [6, 6.07) is 5.95. The first-order valence-corrected chi connectivity index (χ1v) is 7.72. The van der Waals surface area contributed by atoms with Crippen molar-refractivity contribution in [2.75, 3.05) is 19.6 Å². The molecule has 1 fully saturated rings. The molecule has 3 rings (SSSR count). The molecule has 1 saturated heterocycles. The van der Waals surface area contributed by atoms with Crippen LogP contribution in [0.25, 0.3) is 10.9 Å². The summed E-state index contributed by atoms with van der Waals surface area (Å²) in [4.78, 5) is 14.8. The van der Waals surface area contributed by atoms with Crippen LogP contribution < -0.4 is 5.32 Å². The third kappa shape index (κ3) is 3.24. The Morgan fingerprint density at radius 2 is 2.24 bits per heavy atom. The van der Waals surface area contributed by atoms with Crippen LogP contribution >= 0.6 is 0 Å². The number of fused-ring (bicyclic) bond motifs is 1. The van der Waals surface area contributed by atoms with Crippen LogP contribution in [-0.4, -0.2) is 46.7 Å². The highest BCUT2D eigenvalue weighted by Gasteiger charge is 2.20. The Kier molecular flexibility index (Phi) is 4.20. The quantitative estimate of drug-likeness (QED) is 0.905. The van der Waals surface area contributed by atoms with Gasteiger partial charge in [0.15, 0.2) is 0 Å². The Labute approximate surface area is 124 Å². The Balaban J connectivity index is 1.59. The standard InChI is InChI=1S/C16H22N4O/c1-2-7-20-8-5-14(6-9-20)18-16(21)12-3-4-13-11-17-19-15(13)10-12/h3-4,10-11,14H,2,5-9H2,1H3,(H,17,19)(H,18,21). The Bertz CT molecular complexity index is 614. The average Bonchev–Trinajstić information content (AvgIpc) is 2.97. The van der Waals surface area contributed by atoms with Crippen LogP contribution in [0.2, 0.25) is 0 Å². The lowest BCUT2D eigenvalue weighted by atomic mass is 10.0. The fourth-order valence-corrected chi connectivity index (χ4v) is 2.96. The summed E-state index contributed by atoms with van der Waals surface area (Å²) in [6.07, 6.45) is 5.04. The van der Waals surface area contributed by atoms with E-state index in [4.69, 9.17) is 0 Å². The van der Waals surface area contributed by atoms with Gasteiger partial charge >= 0.3 is 0 Å². The third-order valence-electron chi connectivity index (χ3n) is 4.17. The Morgan fingerprint density at radius 1 is 1.43 bits per heavy atom. The zero-order valence-corrected chi connectivity index (χ0v) is 12.4. The van der Waals surface area contributed by atoms with E-state index in [9.17, 15) is 4.79 Å². The minimum atomic E-state index is 0.0143. The Morgan fingerprint density at radius 3 is 3.00 bits per heavy atom. The molecule has 5 heteroatoms. The van der Waals surface area contributed by atoms with Crippen LogP contribution in [0.15, 0.2) is 24.4 Å². The maximum absolute atomic E-state index is 12.3. The maximum Gasteiger partial charge on any atom is 0.251 e.